The number of oxazole rings is 1. The molecular formula is C22H17IN2O2. The van der Waals surface area contributed by atoms with Gasteiger partial charge in [0, 0.05) is 14.8 Å². The molecule has 0 bridgehead atoms. The summed E-state index contributed by atoms with van der Waals surface area (Å²) in [4.78, 5) is 17.1. The molecule has 134 valence electrons. The first kappa shape index (κ1) is 17.7. The van der Waals surface area contributed by atoms with Crippen LogP contribution in [-0.2, 0) is 0 Å². The number of fused-ring (bicyclic) bond motifs is 1. The number of aryl methyl sites for hydroxylation is 2. The molecular weight excluding hydrogens is 451 g/mol. The molecule has 1 N–H and O–H groups in total. The van der Waals surface area contributed by atoms with Crippen LogP contribution in [-0.4, -0.2) is 10.9 Å². The normalized spacial score (nSPS) is 10.9. The summed E-state index contributed by atoms with van der Waals surface area (Å²) in [6.07, 6.45) is 0. The Labute approximate surface area is 170 Å². The van der Waals surface area contributed by atoms with Crippen LogP contribution in [0, 0.1) is 17.4 Å². The zero-order valence-electron chi connectivity index (χ0n) is 14.9. The molecule has 4 aromatic rings. The Kier molecular flexibility index (Phi) is 4.70. The first-order valence-electron chi connectivity index (χ1n) is 8.55. The summed E-state index contributed by atoms with van der Waals surface area (Å²) in [7, 11) is 0. The number of halogens is 1. The maximum absolute atomic E-state index is 12.5. The number of nitrogens with zero attached hydrogens (tertiary/aromatic N) is 1. The number of carbonyl (C=O) groups is 1. The molecule has 0 saturated carbocycles. The van der Waals surface area contributed by atoms with Crippen LogP contribution in [0.4, 0.5) is 5.69 Å². The van der Waals surface area contributed by atoms with Crippen LogP contribution in [0.5, 0.6) is 0 Å². The van der Waals surface area contributed by atoms with Gasteiger partial charge in [0.1, 0.15) is 5.52 Å². The van der Waals surface area contributed by atoms with Crippen molar-refractivity contribution in [3.05, 3.63) is 80.9 Å². The van der Waals surface area contributed by atoms with Gasteiger partial charge in [-0.05, 0) is 78.9 Å². The smallest absolute Gasteiger partial charge is 0.256 e. The van der Waals surface area contributed by atoms with Crippen molar-refractivity contribution >= 4 is 45.3 Å². The molecule has 0 fully saturated rings. The van der Waals surface area contributed by atoms with Gasteiger partial charge >= 0.3 is 0 Å². The second kappa shape index (κ2) is 7.15. The largest absolute Gasteiger partial charge is 0.436 e. The summed E-state index contributed by atoms with van der Waals surface area (Å²) in [5, 5.41) is 2.93. The van der Waals surface area contributed by atoms with Crippen molar-refractivity contribution in [3.63, 3.8) is 0 Å². The Hall–Kier alpha value is -2.67. The number of hydrogen-bond acceptors (Lipinski definition) is 3. The van der Waals surface area contributed by atoms with E-state index in [1.807, 2.05) is 42.5 Å². The summed E-state index contributed by atoms with van der Waals surface area (Å²) in [6, 6.07) is 19.2. The molecule has 3 aromatic carbocycles. The highest BCUT2D eigenvalue weighted by Crippen LogP contribution is 2.28. The quantitative estimate of drug-likeness (QED) is 0.377. The van der Waals surface area contributed by atoms with Gasteiger partial charge in [-0.1, -0.05) is 29.3 Å². The zero-order valence-corrected chi connectivity index (χ0v) is 17.1. The van der Waals surface area contributed by atoms with Gasteiger partial charge in [0.15, 0.2) is 5.58 Å². The van der Waals surface area contributed by atoms with Crippen LogP contribution in [0.25, 0.3) is 22.6 Å². The van der Waals surface area contributed by atoms with Crippen molar-refractivity contribution < 1.29 is 9.21 Å². The molecule has 0 aliphatic heterocycles. The lowest BCUT2D eigenvalue weighted by Gasteiger charge is -2.06. The van der Waals surface area contributed by atoms with Crippen molar-refractivity contribution in [1.29, 1.82) is 0 Å². The van der Waals surface area contributed by atoms with Crippen molar-refractivity contribution in [1.82, 2.24) is 4.98 Å². The fourth-order valence-corrected chi connectivity index (χ4v) is 3.70. The molecule has 1 heterocycles. The lowest BCUT2D eigenvalue weighted by atomic mass is 10.1. The maximum Gasteiger partial charge on any atom is 0.256 e. The molecule has 4 rings (SSSR count). The number of carbonyl (C=O) groups excluding carboxylic acids is 1. The van der Waals surface area contributed by atoms with E-state index >= 15 is 0 Å². The van der Waals surface area contributed by atoms with Crippen LogP contribution in [0.1, 0.15) is 21.5 Å². The molecule has 0 spiro atoms. The van der Waals surface area contributed by atoms with Crippen LogP contribution < -0.4 is 5.32 Å². The highest BCUT2D eigenvalue weighted by molar-refractivity contribution is 14.1. The third-order valence-corrected chi connectivity index (χ3v) is 5.17. The lowest BCUT2D eigenvalue weighted by Crippen LogP contribution is -2.13. The number of aromatic nitrogens is 1. The first-order valence-corrected chi connectivity index (χ1v) is 9.62. The van der Waals surface area contributed by atoms with E-state index < -0.39 is 0 Å². The topological polar surface area (TPSA) is 55.1 Å². The minimum absolute atomic E-state index is 0.141. The summed E-state index contributed by atoms with van der Waals surface area (Å²) >= 11 is 2.16. The van der Waals surface area contributed by atoms with Gasteiger partial charge in [-0.25, -0.2) is 4.98 Å². The van der Waals surface area contributed by atoms with E-state index in [9.17, 15) is 4.79 Å². The van der Waals surface area contributed by atoms with Crippen LogP contribution in [0.3, 0.4) is 0 Å². The molecule has 4 nitrogen and oxygen atoms in total. The molecule has 0 unspecified atom stereocenters. The molecule has 1 aromatic heterocycles. The average molecular weight is 468 g/mol. The average Bonchev–Trinajstić information content (AvgIpc) is 3.04. The SMILES string of the molecule is Cc1cc(C)cc(-c2nc3cc(NC(=O)c4ccccc4I)ccc3o2)c1. The van der Waals surface area contributed by atoms with Gasteiger partial charge in [-0.3, -0.25) is 4.79 Å². The van der Waals surface area contributed by atoms with Crippen molar-refractivity contribution in [3.8, 4) is 11.5 Å². The van der Waals surface area contributed by atoms with Crippen LogP contribution in [0.15, 0.2) is 65.1 Å². The Morgan fingerprint density at radius 3 is 2.48 bits per heavy atom. The lowest BCUT2D eigenvalue weighted by molar-refractivity contribution is 0.102. The predicted molar refractivity (Wildman–Crippen MR) is 116 cm³/mol. The fourth-order valence-electron chi connectivity index (χ4n) is 3.07. The molecule has 0 aliphatic carbocycles. The molecule has 0 aliphatic rings. The van der Waals surface area contributed by atoms with Gasteiger partial charge in [0.25, 0.3) is 5.91 Å². The number of hydrogen-bond donors (Lipinski definition) is 1. The van der Waals surface area contributed by atoms with Gasteiger partial charge < -0.3 is 9.73 Å². The minimum Gasteiger partial charge on any atom is -0.436 e. The first-order chi connectivity index (χ1) is 13.0. The predicted octanol–water partition coefficient (Wildman–Crippen LogP) is 5.97. The highest BCUT2D eigenvalue weighted by Gasteiger charge is 2.12. The van der Waals surface area contributed by atoms with E-state index in [2.05, 4.69) is 64.9 Å². The summed E-state index contributed by atoms with van der Waals surface area (Å²) < 4.78 is 6.81. The van der Waals surface area contributed by atoms with E-state index in [4.69, 9.17) is 4.42 Å². The Morgan fingerprint density at radius 2 is 1.74 bits per heavy atom. The number of nitrogens with one attached hydrogen (secondary N) is 1. The van der Waals surface area contributed by atoms with Gasteiger partial charge in [-0.2, -0.15) is 0 Å². The molecule has 0 atom stereocenters. The monoisotopic (exact) mass is 468 g/mol. The number of benzene rings is 3. The van der Waals surface area contributed by atoms with Crippen molar-refractivity contribution in [2.45, 2.75) is 13.8 Å². The number of rotatable bonds is 3. The minimum atomic E-state index is -0.141. The van der Waals surface area contributed by atoms with Crippen molar-refractivity contribution in [2.75, 3.05) is 5.32 Å². The third-order valence-electron chi connectivity index (χ3n) is 4.23. The van der Waals surface area contributed by atoms with E-state index in [-0.39, 0.29) is 5.91 Å². The summed E-state index contributed by atoms with van der Waals surface area (Å²) in [6.45, 7) is 4.11. The maximum atomic E-state index is 12.5. The highest BCUT2D eigenvalue weighted by atomic mass is 127. The second-order valence-electron chi connectivity index (χ2n) is 6.51. The van der Waals surface area contributed by atoms with Gasteiger partial charge in [0.2, 0.25) is 5.89 Å². The Morgan fingerprint density at radius 1 is 1.00 bits per heavy atom. The fraction of sp³-hybridized carbons (Fsp3) is 0.0909. The third kappa shape index (κ3) is 3.73. The standard InChI is InChI=1S/C22H17IN2O2/c1-13-9-14(2)11-15(10-13)22-25-19-12-16(7-8-20(19)27-22)24-21(26)17-5-3-4-6-18(17)23/h3-12H,1-2H3,(H,24,26). The van der Waals surface area contributed by atoms with Gasteiger partial charge in [0.05, 0.1) is 5.56 Å². The second-order valence-corrected chi connectivity index (χ2v) is 7.67. The molecule has 1 amide bonds. The Bertz CT molecular complexity index is 1140. The Balaban J connectivity index is 1.65. The van der Waals surface area contributed by atoms with E-state index in [0.29, 0.717) is 28.2 Å². The summed E-state index contributed by atoms with van der Waals surface area (Å²) in [5.74, 6) is 0.440. The van der Waals surface area contributed by atoms with Crippen molar-refractivity contribution in [2.24, 2.45) is 0 Å². The van der Waals surface area contributed by atoms with Gasteiger partial charge in [-0.15, -0.1) is 0 Å². The van der Waals surface area contributed by atoms with E-state index in [1.54, 1.807) is 0 Å². The van der Waals surface area contributed by atoms with Crippen LogP contribution >= 0.6 is 22.6 Å². The van der Waals surface area contributed by atoms with E-state index in [1.165, 1.54) is 0 Å². The number of amides is 1. The molecule has 0 saturated heterocycles. The summed E-state index contributed by atoms with van der Waals surface area (Å²) in [5.41, 5.74) is 6.02. The molecule has 0 radical (unpaired) electrons. The molecule has 27 heavy (non-hydrogen) atoms. The zero-order chi connectivity index (χ0) is 19.0. The van der Waals surface area contributed by atoms with E-state index in [0.717, 1.165) is 20.3 Å². The van der Waals surface area contributed by atoms with Crippen LogP contribution in [0.2, 0.25) is 0 Å². The number of anilines is 1. The molecule has 5 heteroatoms.